The van der Waals surface area contributed by atoms with Crippen LogP contribution in [-0.2, 0) is 0 Å². The second kappa shape index (κ2) is 5.63. The van der Waals surface area contributed by atoms with Gasteiger partial charge >= 0.3 is 0 Å². The molecule has 0 amide bonds. The number of ether oxygens (including phenoxy) is 1. The minimum atomic E-state index is -0.214. The first-order chi connectivity index (χ1) is 6.84. The van der Waals surface area contributed by atoms with Crippen LogP contribution in [-0.4, -0.2) is 6.61 Å². The molecule has 1 aromatic carbocycles. The van der Waals surface area contributed by atoms with E-state index in [1.165, 1.54) is 25.0 Å². The summed E-state index contributed by atoms with van der Waals surface area (Å²) in [7, 11) is 0. The third-order valence-corrected chi connectivity index (χ3v) is 2.00. The minimum Gasteiger partial charge on any atom is -0.493 e. The molecule has 1 aliphatic carbocycles. The number of benzene rings is 1. The summed E-state index contributed by atoms with van der Waals surface area (Å²) >= 11 is 0. The van der Waals surface area contributed by atoms with E-state index >= 15 is 0 Å². The summed E-state index contributed by atoms with van der Waals surface area (Å²) in [5.41, 5.74) is 0. The standard InChI is InChI=1S/C10H11FO.C2H6/c11-9-3-5-10(6-4-9)12-7-8-1-2-8;1-2/h3-6,8H,1-2,7H2;1-2H3. The van der Waals surface area contributed by atoms with Crippen molar-refractivity contribution in [1.82, 2.24) is 0 Å². The zero-order valence-electron chi connectivity index (χ0n) is 8.79. The van der Waals surface area contributed by atoms with Gasteiger partial charge in [0.05, 0.1) is 6.61 Å². The zero-order valence-corrected chi connectivity index (χ0v) is 8.79. The van der Waals surface area contributed by atoms with Crippen molar-refractivity contribution in [3.63, 3.8) is 0 Å². The third kappa shape index (κ3) is 3.77. The number of hydrogen-bond acceptors (Lipinski definition) is 1. The van der Waals surface area contributed by atoms with Gasteiger partial charge in [0, 0.05) is 0 Å². The lowest BCUT2D eigenvalue weighted by atomic mass is 10.3. The van der Waals surface area contributed by atoms with Crippen LogP contribution < -0.4 is 4.74 Å². The van der Waals surface area contributed by atoms with Crippen LogP contribution >= 0.6 is 0 Å². The Morgan fingerprint density at radius 1 is 1.21 bits per heavy atom. The Labute approximate surface area is 84.9 Å². The normalized spacial score (nSPS) is 14.2. The molecule has 1 aliphatic rings. The Morgan fingerprint density at radius 2 is 1.79 bits per heavy atom. The Hall–Kier alpha value is -1.05. The number of rotatable bonds is 3. The van der Waals surface area contributed by atoms with Gasteiger partial charge in [0.15, 0.2) is 0 Å². The summed E-state index contributed by atoms with van der Waals surface area (Å²) in [4.78, 5) is 0. The van der Waals surface area contributed by atoms with E-state index in [0.29, 0.717) is 0 Å². The molecule has 1 saturated carbocycles. The van der Waals surface area contributed by atoms with E-state index in [-0.39, 0.29) is 5.82 Å². The Kier molecular flexibility index (Phi) is 4.44. The molecule has 1 nitrogen and oxygen atoms in total. The van der Waals surface area contributed by atoms with E-state index < -0.39 is 0 Å². The van der Waals surface area contributed by atoms with E-state index in [0.717, 1.165) is 18.3 Å². The molecular weight excluding hydrogens is 179 g/mol. The molecule has 0 unspecified atom stereocenters. The molecule has 0 aliphatic heterocycles. The SMILES string of the molecule is CC.Fc1ccc(OCC2CC2)cc1. The molecule has 0 atom stereocenters. The summed E-state index contributed by atoms with van der Waals surface area (Å²) < 4.78 is 17.9. The van der Waals surface area contributed by atoms with Crippen molar-refractivity contribution in [2.24, 2.45) is 5.92 Å². The molecule has 2 rings (SSSR count). The molecule has 0 spiro atoms. The zero-order chi connectivity index (χ0) is 10.4. The maximum absolute atomic E-state index is 12.4. The van der Waals surface area contributed by atoms with Gasteiger partial charge < -0.3 is 4.74 Å². The summed E-state index contributed by atoms with van der Waals surface area (Å²) in [6.07, 6.45) is 2.56. The topological polar surface area (TPSA) is 9.23 Å². The fraction of sp³-hybridized carbons (Fsp3) is 0.500. The molecule has 78 valence electrons. The maximum Gasteiger partial charge on any atom is 0.123 e. The second-order valence-electron chi connectivity index (χ2n) is 3.21. The van der Waals surface area contributed by atoms with Gasteiger partial charge in [-0.2, -0.15) is 0 Å². The average Bonchev–Trinajstić information content (AvgIpc) is 3.04. The van der Waals surface area contributed by atoms with E-state index in [2.05, 4.69) is 0 Å². The molecule has 0 heterocycles. The lowest BCUT2D eigenvalue weighted by molar-refractivity contribution is 0.299. The molecule has 0 aromatic heterocycles. The first-order valence-electron chi connectivity index (χ1n) is 5.23. The maximum atomic E-state index is 12.4. The van der Waals surface area contributed by atoms with Crippen LogP contribution in [0.4, 0.5) is 4.39 Å². The van der Waals surface area contributed by atoms with Crippen molar-refractivity contribution in [2.45, 2.75) is 26.7 Å². The Balaban J connectivity index is 0.000000461. The van der Waals surface area contributed by atoms with Crippen LogP contribution in [0, 0.1) is 11.7 Å². The van der Waals surface area contributed by atoms with Crippen molar-refractivity contribution >= 4 is 0 Å². The smallest absolute Gasteiger partial charge is 0.123 e. The van der Waals surface area contributed by atoms with Crippen molar-refractivity contribution < 1.29 is 9.13 Å². The predicted molar refractivity (Wildman–Crippen MR) is 56.0 cm³/mol. The van der Waals surface area contributed by atoms with Crippen LogP contribution in [0.1, 0.15) is 26.7 Å². The van der Waals surface area contributed by atoms with Crippen LogP contribution in [0.5, 0.6) is 5.75 Å². The monoisotopic (exact) mass is 196 g/mol. The molecule has 2 heteroatoms. The highest BCUT2D eigenvalue weighted by molar-refractivity contribution is 5.22. The number of halogens is 1. The lowest BCUT2D eigenvalue weighted by Crippen LogP contribution is -1.98. The largest absolute Gasteiger partial charge is 0.493 e. The van der Waals surface area contributed by atoms with Crippen LogP contribution in [0.25, 0.3) is 0 Å². The van der Waals surface area contributed by atoms with Crippen LogP contribution in [0.15, 0.2) is 24.3 Å². The molecule has 0 N–H and O–H groups in total. The molecule has 0 bridgehead atoms. The first kappa shape index (κ1) is 11.0. The van der Waals surface area contributed by atoms with Gasteiger partial charge in [0.1, 0.15) is 11.6 Å². The van der Waals surface area contributed by atoms with Crippen molar-refractivity contribution in [1.29, 1.82) is 0 Å². The first-order valence-corrected chi connectivity index (χ1v) is 5.23. The molecule has 0 saturated heterocycles. The fourth-order valence-corrected chi connectivity index (χ4v) is 1.03. The molecule has 14 heavy (non-hydrogen) atoms. The highest BCUT2D eigenvalue weighted by Gasteiger charge is 2.21. The van der Waals surface area contributed by atoms with Gasteiger partial charge in [-0.15, -0.1) is 0 Å². The van der Waals surface area contributed by atoms with Crippen molar-refractivity contribution in [2.75, 3.05) is 6.61 Å². The van der Waals surface area contributed by atoms with Gasteiger partial charge in [0.25, 0.3) is 0 Å². The minimum absolute atomic E-state index is 0.214. The molecule has 0 radical (unpaired) electrons. The third-order valence-electron chi connectivity index (χ3n) is 2.00. The molecule has 1 fully saturated rings. The van der Waals surface area contributed by atoms with Gasteiger partial charge in [-0.1, -0.05) is 13.8 Å². The average molecular weight is 196 g/mol. The predicted octanol–water partition coefficient (Wildman–Crippen LogP) is 3.64. The quantitative estimate of drug-likeness (QED) is 0.717. The van der Waals surface area contributed by atoms with E-state index in [1.54, 1.807) is 12.1 Å². The number of hydrogen-bond donors (Lipinski definition) is 0. The van der Waals surface area contributed by atoms with Crippen LogP contribution in [0.2, 0.25) is 0 Å². The highest BCUT2D eigenvalue weighted by Crippen LogP contribution is 2.29. The van der Waals surface area contributed by atoms with Crippen molar-refractivity contribution in [3.8, 4) is 5.75 Å². The summed E-state index contributed by atoms with van der Waals surface area (Å²) in [6, 6.07) is 6.17. The van der Waals surface area contributed by atoms with Crippen molar-refractivity contribution in [3.05, 3.63) is 30.1 Å². The molecule has 1 aromatic rings. The van der Waals surface area contributed by atoms with Gasteiger partial charge in [0.2, 0.25) is 0 Å². The lowest BCUT2D eigenvalue weighted by Gasteiger charge is -2.03. The van der Waals surface area contributed by atoms with E-state index in [1.807, 2.05) is 13.8 Å². The van der Waals surface area contributed by atoms with Gasteiger partial charge in [-0.05, 0) is 43.0 Å². The second-order valence-corrected chi connectivity index (χ2v) is 3.21. The fourth-order valence-electron chi connectivity index (χ4n) is 1.03. The summed E-state index contributed by atoms with van der Waals surface area (Å²) in [6.45, 7) is 4.78. The van der Waals surface area contributed by atoms with Gasteiger partial charge in [-0.3, -0.25) is 0 Å². The van der Waals surface area contributed by atoms with E-state index in [4.69, 9.17) is 4.74 Å². The summed E-state index contributed by atoms with van der Waals surface area (Å²) in [5.74, 6) is 1.30. The Bertz CT molecular complexity index is 252. The van der Waals surface area contributed by atoms with Crippen LogP contribution in [0.3, 0.4) is 0 Å². The summed E-state index contributed by atoms with van der Waals surface area (Å²) in [5, 5.41) is 0. The Morgan fingerprint density at radius 3 is 2.29 bits per heavy atom. The van der Waals surface area contributed by atoms with E-state index in [9.17, 15) is 4.39 Å². The molecular formula is C12H17FO. The van der Waals surface area contributed by atoms with Gasteiger partial charge in [-0.25, -0.2) is 4.39 Å². The highest BCUT2D eigenvalue weighted by atomic mass is 19.1.